The van der Waals surface area contributed by atoms with Crippen molar-refractivity contribution in [3.05, 3.63) is 45.5 Å². The largest absolute Gasteiger partial charge is 0.126 e. The van der Waals surface area contributed by atoms with Gasteiger partial charge in [-0.1, -0.05) is 40.9 Å². The Morgan fingerprint density at radius 3 is 2.60 bits per heavy atom. The van der Waals surface area contributed by atoms with E-state index in [-0.39, 0.29) is 0 Å². The number of hydrogen-bond acceptors (Lipinski definition) is 0. The average Bonchev–Trinajstić information content (AvgIpc) is 2.20. The summed E-state index contributed by atoms with van der Waals surface area (Å²) in [5.41, 5.74) is 2.47. The van der Waals surface area contributed by atoms with E-state index in [0.717, 1.165) is 12.8 Å². The van der Waals surface area contributed by atoms with E-state index in [1.165, 1.54) is 11.1 Å². The molecule has 0 N–H and O–H groups in total. The van der Waals surface area contributed by atoms with Gasteiger partial charge in [0, 0.05) is 5.88 Å². The van der Waals surface area contributed by atoms with Crippen molar-refractivity contribution in [2.24, 2.45) is 0 Å². The first-order valence-electron chi connectivity index (χ1n) is 4.79. The molecule has 0 aromatic heterocycles. The molecule has 82 valence electrons. The van der Waals surface area contributed by atoms with Crippen molar-refractivity contribution in [2.75, 3.05) is 5.88 Å². The molecule has 15 heavy (non-hydrogen) atoms. The number of allylic oxidation sites excluding steroid dienone is 2. The van der Waals surface area contributed by atoms with E-state index in [4.69, 9.17) is 34.8 Å². The van der Waals surface area contributed by atoms with Gasteiger partial charge in [-0.3, -0.25) is 0 Å². The molecule has 3 heteroatoms. The van der Waals surface area contributed by atoms with Crippen molar-refractivity contribution >= 4 is 34.8 Å². The smallest absolute Gasteiger partial charge is 0.0595 e. The number of hydrogen-bond donors (Lipinski definition) is 0. The Morgan fingerprint density at radius 1 is 1.27 bits per heavy atom. The fourth-order valence-corrected chi connectivity index (χ4v) is 1.77. The highest BCUT2D eigenvalue weighted by Gasteiger charge is 2.00. The molecule has 0 nitrogen and oxygen atoms in total. The maximum absolute atomic E-state index is 5.93. The summed E-state index contributed by atoms with van der Waals surface area (Å²) in [5.74, 6) is 0.665. The zero-order valence-electron chi connectivity index (χ0n) is 8.56. The summed E-state index contributed by atoms with van der Waals surface area (Å²) in [6, 6.07) is 5.72. The number of rotatable bonds is 4. The predicted molar refractivity (Wildman–Crippen MR) is 69.3 cm³/mol. The first kappa shape index (κ1) is 12.9. The van der Waals surface area contributed by atoms with E-state index >= 15 is 0 Å². The third kappa shape index (κ3) is 4.46. The van der Waals surface area contributed by atoms with Crippen LogP contribution in [0.5, 0.6) is 0 Å². The molecule has 0 saturated carbocycles. The van der Waals surface area contributed by atoms with Crippen LogP contribution in [0.15, 0.2) is 29.8 Å². The standard InChI is InChI=1S/C12H13Cl3/c1-9(3-2-6-13)7-10-4-5-11(14)12(15)8-10/h3-5,8H,2,6-7H2,1H3. The molecule has 1 rings (SSSR count). The molecular weight excluding hydrogens is 250 g/mol. The van der Waals surface area contributed by atoms with Gasteiger partial charge in [0.2, 0.25) is 0 Å². The molecule has 0 radical (unpaired) electrons. The Labute approximate surface area is 106 Å². The van der Waals surface area contributed by atoms with E-state index in [2.05, 4.69) is 13.0 Å². The summed E-state index contributed by atoms with van der Waals surface area (Å²) in [6.07, 6.45) is 3.96. The molecule has 0 atom stereocenters. The van der Waals surface area contributed by atoms with Gasteiger partial charge in [-0.25, -0.2) is 0 Å². The van der Waals surface area contributed by atoms with E-state index in [9.17, 15) is 0 Å². The highest BCUT2D eigenvalue weighted by Crippen LogP contribution is 2.23. The molecular formula is C12H13Cl3. The first-order valence-corrected chi connectivity index (χ1v) is 6.08. The molecule has 0 spiro atoms. The van der Waals surface area contributed by atoms with Crippen LogP contribution in [0.1, 0.15) is 18.9 Å². The van der Waals surface area contributed by atoms with Gasteiger partial charge in [0.1, 0.15) is 0 Å². The third-order valence-corrected chi connectivity index (χ3v) is 3.03. The zero-order valence-corrected chi connectivity index (χ0v) is 10.8. The minimum atomic E-state index is 0.600. The summed E-state index contributed by atoms with van der Waals surface area (Å²) in [6.45, 7) is 2.09. The van der Waals surface area contributed by atoms with Crippen LogP contribution in [0, 0.1) is 0 Å². The molecule has 1 aromatic rings. The lowest BCUT2D eigenvalue weighted by atomic mass is 10.1. The topological polar surface area (TPSA) is 0 Å². The van der Waals surface area contributed by atoms with Gasteiger partial charge >= 0.3 is 0 Å². The van der Waals surface area contributed by atoms with Gasteiger partial charge in [-0.2, -0.15) is 0 Å². The van der Waals surface area contributed by atoms with Crippen LogP contribution >= 0.6 is 34.8 Å². The molecule has 0 aliphatic rings. The second-order valence-corrected chi connectivity index (χ2v) is 4.65. The second kappa shape index (κ2) is 6.42. The lowest BCUT2D eigenvalue weighted by Gasteiger charge is -2.03. The van der Waals surface area contributed by atoms with Crippen molar-refractivity contribution in [1.82, 2.24) is 0 Å². The molecule has 0 aliphatic heterocycles. The van der Waals surface area contributed by atoms with E-state index in [1.807, 2.05) is 18.2 Å². The van der Waals surface area contributed by atoms with E-state index in [0.29, 0.717) is 15.9 Å². The highest BCUT2D eigenvalue weighted by molar-refractivity contribution is 6.42. The van der Waals surface area contributed by atoms with Crippen molar-refractivity contribution < 1.29 is 0 Å². The van der Waals surface area contributed by atoms with Gasteiger partial charge in [0.15, 0.2) is 0 Å². The average molecular weight is 264 g/mol. The van der Waals surface area contributed by atoms with Gasteiger partial charge in [-0.15, -0.1) is 11.6 Å². The van der Waals surface area contributed by atoms with E-state index < -0.39 is 0 Å². The quantitative estimate of drug-likeness (QED) is 0.523. The van der Waals surface area contributed by atoms with Crippen molar-refractivity contribution in [1.29, 1.82) is 0 Å². The summed E-state index contributed by atoms with van der Waals surface area (Å²) in [5, 5.41) is 1.21. The summed E-state index contributed by atoms with van der Waals surface area (Å²) in [4.78, 5) is 0. The molecule has 0 saturated heterocycles. The van der Waals surface area contributed by atoms with Gasteiger partial charge in [-0.05, 0) is 37.5 Å². The zero-order chi connectivity index (χ0) is 11.3. The second-order valence-electron chi connectivity index (χ2n) is 3.45. The number of alkyl halides is 1. The van der Waals surface area contributed by atoms with Crippen LogP contribution in [0.25, 0.3) is 0 Å². The monoisotopic (exact) mass is 262 g/mol. The lowest BCUT2D eigenvalue weighted by Crippen LogP contribution is -1.87. The molecule has 0 bridgehead atoms. The van der Waals surface area contributed by atoms with Crippen LogP contribution < -0.4 is 0 Å². The number of halogens is 3. The normalized spacial score (nSPS) is 11.9. The molecule has 0 amide bonds. The van der Waals surface area contributed by atoms with Gasteiger partial charge in [0.05, 0.1) is 10.0 Å². The highest BCUT2D eigenvalue weighted by atomic mass is 35.5. The minimum absolute atomic E-state index is 0.600. The summed E-state index contributed by atoms with van der Waals surface area (Å²) >= 11 is 17.4. The predicted octanol–water partition coefficient (Wildman–Crippen LogP) is 5.11. The van der Waals surface area contributed by atoms with Gasteiger partial charge < -0.3 is 0 Å². The van der Waals surface area contributed by atoms with Crippen molar-refractivity contribution in [3.63, 3.8) is 0 Å². The Hall–Kier alpha value is -0.170. The molecule has 0 heterocycles. The van der Waals surface area contributed by atoms with Crippen molar-refractivity contribution in [2.45, 2.75) is 19.8 Å². The lowest BCUT2D eigenvalue weighted by molar-refractivity contribution is 1.09. The Balaban J connectivity index is 2.68. The number of benzene rings is 1. The first-order chi connectivity index (χ1) is 7.13. The van der Waals surface area contributed by atoms with Crippen molar-refractivity contribution in [3.8, 4) is 0 Å². The third-order valence-electron chi connectivity index (χ3n) is 2.07. The van der Waals surface area contributed by atoms with E-state index in [1.54, 1.807) is 0 Å². The molecule has 1 aromatic carbocycles. The van der Waals surface area contributed by atoms with Crippen LogP contribution in [0.2, 0.25) is 10.0 Å². The van der Waals surface area contributed by atoms with Crippen LogP contribution in [-0.4, -0.2) is 5.88 Å². The summed E-state index contributed by atoms with van der Waals surface area (Å²) < 4.78 is 0. The Morgan fingerprint density at radius 2 is 2.00 bits per heavy atom. The fraction of sp³-hybridized carbons (Fsp3) is 0.333. The maximum atomic E-state index is 5.93. The minimum Gasteiger partial charge on any atom is -0.126 e. The van der Waals surface area contributed by atoms with Crippen LogP contribution in [-0.2, 0) is 6.42 Å². The molecule has 0 unspecified atom stereocenters. The molecule has 0 fully saturated rings. The van der Waals surface area contributed by atoms with Gasteiger partial charge in [0.25, 0.3) is 0 Å². The maximum Gasteiger partial charge on any atom is 0.0595 e. The summed E-state index contributed by atoms with van der Waals surface area (Å²) in [7, 11) is 0. The van der Waals surface area contributed by atoms with Crippen LogP contribution in [0.3, 0.4) is 0 Å². The van der Waals surface area contributed by atoms with Crippen LogP contribution in [0.4, 0.5) is 0 Å². The molecule has 0 aliphatic carbocycles. The SMILES string of the molecule is CC(=CCCCl)Cc1ccc(Cl)c(Cl)c1. The fourth-order valence-electron chi connectivity index (χ4n) is 1.34. The Bertz CT molecular complexity index is 356. The Kier molecular flexibility index (Phi) is 5.52.